The van der Waals surface area contributed by atoms with Crippen LogP contribution < -0.4 is 16.0 Å². The largest absolute Gasteiger partial charge is 0.359 e. The lowest BCUT2D eigenvalue weighted by molar-refractivity contribution is -0.116. The molecule has 2 rings (SSSR count). The average Bonchev–Trinajstić information content (AvgIpc) is 3.21. The van der Waals surface area contributed by atoms with E-state index in [0.29, 0.717) is 25.4 Å². The third-order valence-corrected chi connectivity index (χ3v) is 4.89. The van der Waals surface area contributed by atoms with Gasteiger partial charge in [0.25, 0.3) is 0 Å². The van der Waals surface area contributed by atoms with E-state index >= 15 is 0 Å². The number of amides is 1. The number of carbonyl (C=O) groups is 1. The molecule has 0 atom stereocenters. The molecular formula is C23H36IN5O2. The van der Waals surface area contributed by atoms with Crippen molar-refractivity contribution in [3.05, 3.63) is 47.3 Å². The summed E-state index contributed by atoms with van der Waals surface area (Å²) in [6, 6.07) is 9.80. The highest BCUT2D eigenvalue weighted by atomic mass is 127. The number of rotatable bonds is 11. The second kappa shape index (κ2) is 14.8. The van der Waals surface area contributed by atoms with Crippen molar-refractivity contribution in [2.45, 2.75) is 72.4 Å². The van der Waals surface area contributed by atoms with Gasteiger partial charge < -0.3 is 20.5 Å². The quantitative estimate of drug-likeness (QED) is 0.207. The molecule has 0 unspecified atom stereocenters. The fourth-order valence-electron chi connectivity index (χ4n) is 3.14. The van der Waals surface area contributed by atoms with Crippen LogP contribution in [0, 0.1) is 0 Å². The minimum absolute atomic E-state index is 0. The summed E-state index contributed by atoms with van der Waals surface area (Å²) in [6.07, 6.45) is 3.49. The highest BCUT2D eigenvalue weighted by Crippen LogP contribution is 2.22. The summed E-state index contributed by atoms with van der Waals surface area (Å²) in [5, 5.41) is 13.6. The van der Waals surface area contributed by atoms with Gasteiger partial charge >= 0.3 is 0 Å². The van der Waals surface area contributed by atoms with Crippen LogP contribution in [0.25, 0.3) is 0 Å². The van der Waals surface area contributed by atoms with Crippen molar-refractivity contribution in [3.8, 4) is 0 Å². The first-order valence-corrected chi connectivity index (χ1v) is 11.0. The van der Waals surface area contributed by atoms with Gasteiger partial charge in [-0.25, -0.2) is 4.99 Å². The number of guanidine groups is 1. The third-order valence-electron chi connectivity index (χ3n) is 4.89. The molecule has 3 N–H and O–H groups in total. The lowest BCUT2D eigenvalue weighted by Gasteiger charge is -2.10. The number of hydrogen-bond acceptors (Lipinski definition) is 4. The minimum atomic E-state index is 0. The maximum Gasteiger partial charge on any atom is 0.224 e. The number of aliphatic imine (C=N–C) groups is 1. The van der Waals surface area contributed by atoms with E-state index in [1.807, 2.05) is 44.2 Å². The van der Waals surface area contributed by atoms with Gasteiger partial charge in [-0.15, -0.1) is 24.0 Å². The van der Waals surface area contributed by atoms with Gasteiger partial charge in [0, 0.05) is 30.6 Å². The molecule has 1 aromatic carbocycles. The summed E-state index contributed by atoms with van der Waals surface area (Å²) in [5.41, 5.74) is 2.89. The SMILES string of the molecule is CCCC(=O)Nc1ccc(CN=C(NCC)NCc2cc(C(CC)CC)no2)cc1.I. The summed E-state index contributed by atoms with van der Waals surface area (Å²) in [5.74, 6) is 2.01. The molecule has 0 aliphatic heterocycles. The first-order valence-electron chi connectivity index (χ1n) is 11.0. The fourth-order valence-corrected chi connectivity index (χ4v) is 3.14. The molecule has 172 valence electrons. The third kappa shape index (κ3) is 9.28. The van der Waals surface area contributed by atoms with Crippen LogP contribution >= 0.6 is 24.0 Å². The molecular weight excluding hydrogens is 505 g/mol. The Morgan fingerprint density at radius 2 is 1.81 bits per heavy atom. The molecule has 0 bridgehead atoms. The zero-order valence-electron chi connectivity index (χ0n) is 19.0. The maximum absolute atomic E-state index is 11.7. The Balaban J connectivity index is 0.00000480. The van der Waals surface area contributed by atoms with E-state index in [2.05, 4.69) is 39.9 Å². The molecule has 0 aliphatic carbocycles. The molecule has 7 nitrogen and oxygen atoms in total. The van der Waals surface area contributed by atoms with E-state index in [9.17, 15) is 4.79 Å². The summed E-state index contributed by atoms with van der Waals surface area (Å²) < 4.78 is 5.47. The molecule has 0 saturated carbocycles. The predicted octanol–water partition coefficient (Wildman–Crippen LogP) is 5.19. The molecule has 0 fully saturated rings. The molecule has 0 saturated heterocycles. The zero-order valence-corrected chi connectivity index (χ0v) is 21.4. The van der Waals surface area contributed by atoms with Crippen molar-refractivity contribution in [1.82, 2.24) is 15.8 Å². The fraction of sp³-hybridized carbons (Fsp3) is 0.522. The van der Waals surface area contributed by atoms with E-state index in [-0.39, 0.29) is 29.9 Å². The normalized spacial score (nSPS) is 11.2. The van der Waals surface area contributed by atoms with Crippen LogP contribution in [-0.4, -0.2) is 23.6 Å². The molecule has 2 aromatic rings. The number of hydrogen-bond donors (Lipinski definition) is 3. The summed E-state index contributed by atoms with van der Waals surface area (Å²) in [6.45, 7) is 10.2. The number of carbonyl (C=O) groups excluding carboxylic acids is 1. The van der Waals surface area contributed by atoms with Crippen LogP contribution in [0.5, 0.6) is 0 Å². The van der Waals surface area contributed by atoms with Gasteiger partial charge in [-0.3, -0.25) is 4.79 Å². The van der Waals surface area contributed by atoms with E-state index in [1.54, 1.807) is 0 Å². The smallest absolute Gasteiger partial charge is 0.224 e. The standard InChI is InChI=1S/C23H35N5O2.HI/c1-5-9-22(29)27-19-12-10-17(11-13-19)15-25-23(24-8-4)26-16-20-14-21(28-30-20)18(6-2)7-3;/h10-14,18H,5-9,15-16H2,1-4H3,(H,27,29)(H2,24,25,26);1H. The first kappa shape index (κ1) is 26.9. The van der Waals surface area contributed by atoms with Crippen molar-refractivity contribution < 1.29 is 9.32 Å². The van der Waals surface area contributed by atoms with Gasteiger partial charge in [0.15, 0.2) is 11.7 Å². The van der Waals surface area contributed by atoms with Crippen LogP contribution in [0.15, 0.2) is 39.8 Å². The molecule has 0 radical (unpaired) electrons. The second-order valence-electron chi connectivity index (χ2n) is 7.28. The molecule has 0 aliphatic rings. The monoisotopic (exact) mass is 541 g/mol. The van der Waals surface area contributed by atoms with Gasteiger partial charge in [-0.05, 0) is 43.9 Å². The Labute approximate surface area is 202 Å². The molecule has 1 amide bonds. The topological polar surface area (TPSA) is 91.5 Å². The van der Waals surface area contributed by atoms with Crippen molar-refractivity contribution >= 4 is 41.5 Å². The number of nitrogens with one attached hydrogen (secondary N) is 3. The predicted molar refractivity (Wildman–Crippen MR) is 137 cm³/mol. The Morgan fingerprint density at radius 1 is 1.10 bits per heavy atom. The molecule has 1 aromatic heterocycles. The first-order chi connectivity index (χ1) is 14.6. The van der Waals surface area contributed by atoms with Gasteiger partial charge in [0.05, 0.1) is 18.8 Å². The Bertz CT molecular complexity index is 801. The average molecular weight is 541 g/mol. The maximum atomic E-state index is 11.7. The lowest BCUT2D eigenvalue weighted by atomic mass is 9.99. The molecule has 1 heterocycles. The Kier molecular flexibility index (Phi) is 12.9. The van der Waals surface area contributed by atoms with Crippen molar-refractivity contribution in [2.75, 3.05) is 11.9 Å². The van der Waals surface area contributed by atoms with Crippen LogP contribution in [0.4, 0.5) is 5.69 Å². The van der Waals surface area contributed by atoms with Gasteiger partial charge in [-0.2, -0.15) is 0 Å². The zero-order chi connectivity index (χ0) is 21.8. The summed E-state index contributed by atoms with van der Waals surface area (Å²) in [7, 11) is 0. The van der Waals surface area contributed by atoms with Gasteiger partial charge in [0.1, 0.15) is 0 Å². The highest BCUT2D eigenvalue weighted by Gasteiger charge is 2.13. The number of nitrogens with zero attached hydrogens (tertiary/aromatic N) is 2. The van der Waals surface area contributed by atoms with Crippen LogP contribution in [0.1, 0.15) is 76.3 Å². The van der Waals surface area contributed by atoms with E-state index in [4.69, 9.17) is 4.52 Å². The van der Waals surface area contributed by atoms with Crippen molar-refractivity contribution in [1.29, 1.82) is 0 Å². The van der Waals surface area contributed by atoms with Crippen molar-refractivity contribution in [3.63, 3.8) is 0 Å². The summed E-state index contributed by atoms with van der Waals surface area (Å²) >= 11 is 0. The number of anilines is 1. The minimum Gasteiger partial charge on any atom is -0.359 e. The van der Waals surface area contributed by atoms with Gasteiger partial charge in [-0.1, -0.05) is 38.1 Å². The number of benzene rings is 1. The lowest BCUT2D eigenvalue weighted by Crippen LogP contribution is -2.36. The van der Waals surface area contributed by atoms with Crippen LogP contribution in [0.2, 0.25) is 0 Å². The van der Waals surface area contributed by atoms with Crippen LogP contribution in [-0.2, 0) is 17.9 Å². The van der Waals surface area contributed by atoms with E-state index in [0.717, 1.165) is 54.5 Å². The molecule has 31 heavy (non-hydrogen) atoms. The number of aromatic nitrogens is 1. The Morgan fingerprint density at radius 3 is 2.42 bits per heavy atom. The van der Waals surface area contributed by atoms with Gasteiger partial charge in [0.2, 0.25) is 5.91 Å². The Hall–Kier alpha value is -2.10. The second-order valence-corrected chi connectivity index (χ2v) is 7.28. The highest BCUT2D eigenvalue weighted by molar-refractivity contribution is 14.0. The summed E-state index contributed by atoms with van der Waals surface area (Å²) in [4.78, 5) is 16.3. The van der Waals surface area contributed by atoms with E-state index in [1.165, 1.54) is 0 Å². The van der Waals surface area contributed by atoms with Crippen LogP contribution in [0.3, 0.4) is 0 Å². The molecule has 8 heteroatoms. The van der Waals surface area contributed by atoms with E-state index < -0.39 is 0 Å². The van der Waals surface area contributed by atoms with Crippen molar-refractivity contribution in [2.24, 2.45) is 4.99 Å². The number of halogens is 1. The molecule has 0 spiro atoms.